The Labute approximate surface area is 106 Å². The fourth-order valence-corrected chi connectivity index (χ4v) is 2.74. The van der Waals surface area contributed by atoms with Crippen LogP contribution in [0.15, 0.2) is 36.4 Å². The summed E-state index contributed by atoms with van der Waals surface area (Å²) in [7, 11) is 0. The number of aryl methyl sites for hydroxylation is 2. The van der Waals surface area contributed by atoms with E-state index in [0.29, 0.717) is 0 Å². The summed E-state index contributed by atoms with van der Waals surface area (Å²) < 4.78 is 0. The van der Waals surface area contributed by atoms with E-state index in [0.717, 1.165) is 5.92 Å². The maximum absolute atomic E-state index is 2.46. The summed E-state index contributed by atoms with van der Waals surface area (Å²) in [4.78, 5) is 0. The van der Waals surface area contributed by atoms with E-state index in [2.05, 4.69) is 43.3 Å². The van der Waals surface area contributed by atoms with Crippen molar-refractivity contribution >= 4 is 0 Å². The van der Waals surface area contributed by atoms with Crippen LogP contribution in [0.25, 0.3) is 0 Å². The molecule has 0 saturated heterocycles. The topological polar surface area (TPSA) is 0 Å². The van der Waals surface area contributed by atoms with Gasteiger partial charge < -0.3 is 0 Å². The van der Waals surface area contributed by atoms with E-state index in [1.165, 1.54) is 56.1 Å². The number of hydrogen-bond acceptors (Lipinski definition) is 0. The summed E-state index contributed by atoms with van der Waals surface area (Å²) in [5.74, 6) is 0.897. The first-order chi connectivity index (χ1) is 8.36. The molecule has 0 nitrogen and oxygen atoms in total. The molecule has 0 aromatic heterocycles. The Kier molecular flexibility index (Phi) is 4.85. The van der Waals surface area contributed by atoms with Gasteiger partial charge in [-0.15, -0.1) is 0 Å². The number of unbranched alkanes of at least 4 members (excludes halogenated alkanes) is 1. The summed E-state index contributed by atoms with van der Waals surface area (Å²) >= 11 is 0. The van der Waals surface area contributed by atoms with E-state index in [1.807, 2.05) is 0 Å². The molecule has 1 aliphatic rings. The van der Waals surface area contributed by atoms with Crippen molar-refractivity contribution in [3.05, 3.63) is 47.5 Å². The van der Waals surface area contributed by atoms with Crippen molar-refractivity contribution in [2.75, 3.05) is 0 Å². The molecule has 1 aliphatic carbocycles. The molecule has 92 valence electrons. The Balaban J connectivity index is 1.67. The first kappa shape index (κ1) is 12.4. The summed E-state index contributed by atoms with van der Waals surface area (Å²) in [5, 5.41) is 0. The lowest BCUT2D eigenvalue weighted by Crippen LogP contribution is -1.89. The predicted octanol–water partition coefficient (Wildman–Crippen LogP) is 5.06. The van der Waals surface area contributed by atoms with Crippen molar-refractivity contribution < 1.29 is 0 Å². The van der Waals surface area contributed by atoms with Gasteiger partial charge in [-0.05, 0) is 56.1 Å². The second kappa shape index (κ2) is 6.64. The van der Waals surface area contributed by atoms with E-state index in [9.17, 15) is 0 Å². The second-order valence-corrected chi connectivity index (χ2v) is 5.29. The minimum Gasteiger partial charge on any atom is -0.0882 e. The summed E-state index contributed by atoms with van der Waals surface area (Å²) in [6.07, 6.45) is 14.4. The van der Waals surface area contributed by atoms with Gasteiger partial charge in [0, 0.05) is 0 Å². The van der Waals surface area contributed by atoms with Gasteiger partial charge in [-0.1, -0.05) is 49.3 Å². The third-order valence-corrected chi connectivity index (χ3v) is 3.89. The van der Waals surface area contributed by atoms with Crippen LogP contribution in [0, 0.1) is 12.8 Å². The van der Waals surface area contributed by atoms with Crippen LogP contribution in [0.5, 0.6) is 0 Å². The van der Waals surface area contributed by atoms with Crippen molar-refractivity contribution in [2.45, 2.75) is 51.9 Å². The largest absolute Gasteiger partial charge is 0.0882 e. The Morgan fingerprint density at radius 2 is 1.94 bits per heavy atom. The standard InChI is InChI=1S/C17H24/c1-15-9-5-8-14-17(15)13-4-2-3-10-16-11-6-7-12-16/h3,5,8-10,14,16H,2,4,6-7,11-13H2,1H3/b10-3+. The average Bonchev–Trinajstić information content (AvgIpc) is 2.84. The molecule has 2 rings (SSSR count). The fourth-order valence-electron chi connectivity index (χ4n) is 2.74. The van der Waals surface area contributed by atoms with Crippen LogP contribution in [0.4, 0.5) is 0 Å². The van der Waals surface area contributed by atoms with E-state index >= 15 is 0 Å². The Morgan fingerprint density at radius 3 is 2.71 bits per heavy atom. The lowest BCUT2D eigenvalue weighted by molar-refractivity contribution is 0.680. The maximum Gasteiger partial charge on any atom is -0.0234 e. The molecule has 1 aromatic carbocycles. The average molecular weight is 228 g/mol. The molecule has 0 heterocycles. The van der Waals surface area contributed by atoms with E-state index < -0.39 is 0 Å². The SMILES string of the molecule is Cc1ccccc1CCC/C=C/C1CCCC1. The highest BCUT2D eigenvalue weighted by molar-refractivity contribution is 5.25. The lowest BCUT2D eigenvalue weighted by atomic mass is 10.0. The molecule has 0 amide bonds. The third-order valence-electron chi connectivity index (χ3n) is 3.89. The molecule has 0 radical (unpaired) electrons. The summed E-state index contributed by atoms with van der Waals surface area (Å²) in [6.45, 7) is 2.21. The minimum atomic E-state index is 0.897. The fraction of sp³-hybridized carbons (Fsp3) is 0.529. The van der Waals surface area contributed by atoms with Gasteiger partial charge in [0.05, 0.1) is 0 Å². The molecule has 17 heavy (non-hydrogen) atoms. The van der Waals surface area contributed by atoms with Gasteiger partial charge >= 0.3 is 0 Å². The van der Waals surface area contributed by atoms with Crippen molar-refractivity contribution in [2.24, 2.45) is 5.92 Å². The zero-order valence-electron chi connectivity index (χ0n) is 11.0. The highest BCUT2D eigenvalue weighted by atomic mass is 14.2. The van der Waals surface area contributed by atoms with Crippen molar-refractivity contribution in [1.29, 1.82) is 0 Å². The quantitative estimate of drug-likeness (QED) is 0.488. The number of hydrogen-bond donors (Lipinski definition) is 0. The molecule has 1 fully saturated rings. The first-order valence-electron chi connectivity index (χ1n) is 7.07. The molecule has 0 aliphatic heterocycles. The van der Waals surface area contributed by atoms with Gasteiger partial charge in [0.1, 0.15) is 0 Å². The second-order valence-electron chi connectivity index (χ2n) is 5.29. The maximum atomic E-state index is 2.46. The van der Waals surface area contributed by atoms with Gasteiger partial charge in [-0.2, -0.15) is 0 Å². The summed E-state index contributed by atoms with van der Waals surface area (Å²) in [6, 6.07) is 8.75. The van der Waals surface area contributed by atoms with E-state index in [1.54, 1.807) is 0 Å². The van der Waals surface area contributed by atoms with E-state index in [4.69, 9.17) is 0 Å². The molecule has 1 saturated carbocycles. The highest BCUT2D eigenvalue weighted by Crippen LogP contribution is 2.25. The van der Waals surface area contributed by atoms with Crippen molar-refractivity contribution in [3.63, 3.8) is 0 Å². The molecule has 0 heteroatoms. The van der Waals surface area contributed by atoms with Gasteiger partial charge in [-0.3, -0.25) is 0 Å². The molecular formula is C17H24. The normalized spacial score (nSPS) is 17.0. The Hall–Kier alpha value is -1.04. The summed E-state index contributed by atoms with van der Waals surface area (Å²) in [5.41, 5.74) is 2.95. The van der Waals surface area contributed by atoms with Gasteiger partial charge in [0.25, 0.3) is 0 Å². The van der Waals surface area contributed by atoms with Crippen molar-refractivity contribution in [3.8, 4) is 0 Å². The van der Waals surface area contributed by atoms with Crippen LogP contribution in [-0.4, -0.2) is 0 Å². The Morgan fingerprint density at radius 1 is 1.18 bits per heavy atom. The van der Waals surface area contributed by atoms with Crippen LogP contribution in [0.1, 0.15) is 49.7 Å². The van der Waals surface area contributed by atoms with Crippen LogP contribution in [-0.2, 0) is 6.42 Å². The van der Waals surface area contributed by atoms with E-state index in [-0.39, 0.29) is 0 Å². The lowest BCUT2D eigenvalue weighted by Gasteiger charge is -2.04. The molecule has 0 atom stereocenters. The van der Waals surface area contributed by atoms with Gasteiger partial charge in [0.2, 0.25) is 0 Å². The molecular weight excluding hydrogens is 204 g/mol. The van der Waals surface area contributed by atoms with Gasteiger partial charge in [-0.25, -0.2) is 0 Å². The number of rotatable bonds is 5. The number of benzene rings is 1. The Bertz CT molecular complexity index is 356. The first-order valence-corrected chi connectivity index (χ1v) is 7.07. The molecule has 1 aromatic rings. The highest BCUT2D eigenvalue weighted by Gasteiger charge is 2.10. The van der Waals surface area contributed by atoms with Crippen molar-refractivity contribution in [1.82, 2.24) is 0 Å². The number of allylic oxidation sites excluding steroid dienone is 2. The molecule has 0 N–H and O–H groups in total. The monoisotopic (exact) mass is 228 g/mol. The van der Waals surface area contributed by atoms with Crippen LogP contribution in [0.3, 0.4) is 0 Å². The smallest absolute Gasteiger partial charge is 0.0234 e. The molecule has 0 bridgehead atoms. The third kappa shape index (κ3) is 4.03. The van der Waals surface area contributed by atoms with Crippen LogP contribution < -0.4 is 0 Å². The molecule has 0 spiro atoms. The van der Waals surface area contributed by atoms with Crippen LogP contribution >= 0.6 is 0 Å². The molecule has 0 unspecified atom stereocenters. The predicted molar refractivity (Wildman–Crippen MR) is 75.2 cm³/mol. The zero-order chi connectivity index (χ0) is 11.9. The zero-order valence-corrected chi connectivity index (χ0v) is 11.0. The minimum absolute atomic E-state index is 0.897. The van der Waals surface area contributed by atoms with Gasteiger partial charge in [0.15, 0.2) is 0 Å². The van der Waals surface area contributed by atoms with Crippen LogP contribution in [0.2, 0.25) is 0 Å².